The molecule has 1 aliphatic heterocycles. The first-order valence-electron chi connectivity index (χ1n) is 8.34. The predicted molar refractivity (Wildman–Crippen MR) is 113 cm³/mol. The molecule has 146 valence electrons. The van der Waals surface area contributed by atoms with Crippen molar-refractivity contribution in [1.29, 1.82) is 0 Å². The molecule has 0 aromatic heterocycles. The number of rotatable bonds is 4. The number of nitrogens with one attached hydrogen (secondary N) is 1. The molecule has 1 saturated heterocycles. The number of hydrogen-bond donors (Lipinski definition) is 1. The summed E-state index contributed by atoms with van der Waals surface area (Å²) >= 11 is 18.4. The summed E-state index contributed by atoms with van der Waals surface area (Å²) in [5.41, 5.74) is 2.09. The van der Waals surface area contributed by atoms with Gasteiger partial charge in [-0.15, -0.1) is 0 Å². The van der Waals surface area contributed by atoms with Gasteiger partial charge in [-0.05, 0) is 30.7 Å². The normalized spacial score (nSPS) is 17.4. The van der Waals surface area contributed by atoms with E-state index in [1.807, 2.05) is 31.2 Å². The van der Waals surface area contributed by atoms with Crippen LogP contribution in [0.4, 0.5) is 16.2 Å². The van der Waals surface area contributed by atoms with Crippen molar-refractivity contribution in [3.63, 3.8) is 0 Å². The van der Waals surface area contributed by atoms with Crippen LogP contribution in [-0.2, 0) is 4.79 Å². The predicted octanol–water partition coefficient (Wildman–Crippen LogP) is 4.60. The van der Waals surface area contributed by atoms with Crippen molar-refractivity contribution in [2.24, 2.45) is 4.99 Å². The Morgan fingerprint density at radius 3 is 2.21 bits per heavy atom. The molecule has 2 aromatic rings. The maximum atomic E-state index is 12.7. The third-order valence-corrected chi connectivity index (χ3v) is 4.82. The lowest BCUT2D eigenvalue weighted by molar-refractivity contribution is -0.119. The minimum Gasteiger partial charge on any atom is -0.360 e. The number of carbonyl (C=O) groups is 2. The molecular weight excluding hydrogens is 423 g/mol. The van der Waals surface area contributed by atoms with Crippen LogP contribution in [0.25, 0.3) is 0 Å². The van der Waals surface area contributed by atoms with E-state index < -0.39 is 21.9 Å². The van der Waals surface area contributed by atoms with Crippen LogP contribution in [0, 0.1) is 6.92 Å². The Labute approximate surface area is 177 Å². The highest BCUT2D eigenvalue weighted by molar-refractivity contribution is 6.68. The highest BCUT2D eigenvalue weighted by atomic mass is 35.6. The lowest BCUT2D eigenvalue weighted by Gasteiger charge is -2.25. The fraction of sp³-hybridized carbons (Fsp3) is 0.211. The van der Waals surface area contributed by atoms with Crippen molar-refractivity contribution in [3.05, 3.63) is 60.2 Å². The number of carbonyl (C=O) groups excluding carboxylic acids is 2. The van der Waals surface area contributed by atoms with Crippen LogP contribution in [0.3, 0.4) is 0 Å². The summed E-state index contributed by atoms with van der Waals surface area (Å²) in [6.45, 7) is 1.89. The summed E-state index contributed by atoms with van der Waals surface area (Å²) in [5, 5.41) is 3.04. The second-order valence-corrected chi connectivity index (χ2v) is 8.54. The summed E-state index contributed by atoms with van der Waals surface area (Å²) in [4.78, 5) is 31.8. The Bertz CT molecular complexity index is 928. The standard InChI is InChI=1S/C19H17Cl3N4O2/c1-12-8-6-7-11-14(12)23-17(19(20,21)22)24-15-16(27)25(2)18(28)26(15)13-9-4-3-5-10-13/h3-11,17,23H,1-2H3. The molecule has 28 heavy (non-hydrogen) atoms. The maximum absolute atomic E-state index is 12.7. The van der Waals surface area contributed by atoms with Crippen molar-refractivity contribution < 1.29 is 9.59 Å². The summed E-state index contributed by atoms with van der Waals surface area (Å²) < 4.78 is -1.87. The molecule has 2 aromatic carbocycles. The van der Waals surface area contributed by atoms with Gasteiger partial charge in [-0.2, -0.15) is 0 Å². The van der Waals surface area contributed by atoms with Crippen LogP contribution in [0.15, 0.2) is 59.6 Å². The Hall–Kier alpha value is -2.28. The van der Waals surface area contributed by atoms with Gasteiger partial charge in [0.1, 0.15) is 0 Å². The van der Waals surface area contributed by atoms with Gasteiger partial charge in [0.15, 0.2) is 6.17 Å². The van der Waals surface area contributed by atoms with Crippen LogP contribution in [0.1, 0.15) is 5.56 Å². The van der Waals surface area contributed by atoms with Gasteiger partial charge in [-0.3, -0.25) is 9.69 Å². The molecule has 0 aliphatic carbocycles. The number of nitrogens with zero attached hydrogens (tertiary/aromatic N) is 3. The summed E-state index contributed by atoms with van der Waals surface area (Å²) in [5.74, 6) is -0.712. The lowest BCUT2D eigenvalue weighted by atomic mass is 10.2. The highest BCUT2D eigenvalue weighted by Crippen LogP contribution is 2.34. The van der Waals surface area contributed by atoms with Gasteiger partial charge in [-0.1, -0.05) is 71.2 Å². The third-order valence-electron chi connectivity index (χ3n) is 4.20. The quantitative estimate of drug-likeness (QED) is 0.559. The van der Waals surface area contributed by atoms with Crippen molar-refractivity contribution >= 4 is 64.0 Å². The molecule has 1 atom stereocenters. The second kappa shape index (κ2) is 7.99. The third kappa shape index (κ3) is 4.09. The van der Waals surface area contributed by atoms with Gasteiger partial charge in [0.05, 0.1) is 5.69 Å². The van der Waals surface area contributed by atoms with E-state index in [2.05, 4.69) is 10.3 Å². The molecule has 6 nitrogen and oxygen atoms in total. The zero-order valence-electron chi connectivity index (χ0n) is 15.1. The van der Waals surface area contributed by atoms with Crippen LogP contribution in [0.5, 0.6) is 0 Å². The smallest absolute Gasteiger partial charge is 0.337 e. The van der Waals surface area contributed by atoms with Crippen LogP contribution >= 0.6 is 34.8 Å². The number of alkyl halides is 3. The lowest BCUT2D eigenvalue weighted by Crippen LogP contribution is -2.38. The van der Waals surface area contributed by atoms with Gasteiger partial charge in [0, 0.05) is 12.7 Å². The number of amides is 3. The van der Waals surface area contributed by atoms with Crippen LogP contribution < -0.4 is 10.2 Å². The summed E-state index contributed by atoms with van der Waals surface area (Å²) in [7, 11) is 1.38. The van der Waals surface area contributed by atoms with Gasteiger partial charge in [0.25, 0.3) is 5.91 Å². The van der Waals surface area contributed by atoms with Crippen molar-refractivity contribution in [2.45, 2.75) is 16.9 Å². The average molecular weight is 440 g/mol. The van der Waals surface area contributed by atoms with E-state index in [1.54, 1.807) is 30.3 Å². The van der Waals surface area contributed by atoms with Crippen molar-refractivity contribution in [2.75, 3.05) is 17.3 Å². The number of imide groups is 1. The van der Waals surface area contributed by atoms with E-state index in [1.165, 1.54) is 11.9 Å². The molecule has 0 bridgehead atoms. The number of urea groups is 1. The molecule has 0 saturated carbocycles. The molecule has 3 amide bonds. The van der Waals surface area contributed by atoms with E-state index in [-0.39, 0.29) is 5.84 Å². The molecule has 1 heterocycles. The first kappa shape index (κ1) is 20.5. The number of halogens is 3. The molecule has 0 radical (unpaired) electrons. The fourth-order valence-corrected chi connectivity index (χ4v) is 3.00. The fourth-order valence-electron chi connectivity index (χ4n) is 2.69. The molecule has 1 fully saturated rings. The molecule has 3 rings (SSSR count). The molecule has 1 N–H and O–H groups in total. The van der Waals surface area contributed by atoms with E-state index in [4.69, 9.17) is 34.8 Å². The molecular formula is C19H17Cl3N4O2. The number of likely N-dealkylation sites (N-methyl/N-ethyl adjacent to an activating group) is 1. The first-order valence-corrected chi connectivity index (χ1v) is 9.47. The number of amidine groups is 1. The molecule has 1 unspecified atom stereocenters. The zero-order chi connectivity index (χ0) is 20.5. The van der Waals surface area contributed by atoms with Crippen LogP contribution in [-0.4, -0.2) is 39.7 Å². The van der Waals surface area contributed by atoms with E-state index in [0.717, 1.165) is 10.5 Å². The number of aryl methyl sites for hydroxylation is 1. The topological polar surface area (TPSA) is 65.0 Å². The molecule has 1 aliphatic rings. The minimum atomic E-state index is -1.87. The van der Waals surface area contributed by atoms with Gasteiger partial charge in [0.2, 0.25) is 9.63 Å². The monoisotopic (exact) mass is 438 g/mol. The Morgan fingerprint density at radius 2 is 1.61 bits per heavy atom. The Morgan fingerprint density at radius 1 is 1.00 bits per heavy atom. The maximum Gasteiger partial charge on any atom is 0.337 e. The number of aliphatic imine (C=N–C) groups is 1. The largest absolute Gasteiger partial charge is 0.360 e. The summed E-state index contributed by atoms with van der Waals surface area (Å²) in [6, 6.07) is 15.6. The Balaban J connectivity index is 2.05. The van der Waals surface area contributed by atoms with Crippen molar-refractivity contribution in [3.8, 4) is 0 Å². The number of hydrogen-bond acceptors (Lipinski definition) is 4. The first-order chi connectivity index (χ1) is 13.2. The number of anilines is 2. The Kier molecular flexibility index (Phi) is 5.84. The van der Waals surface area contributed by atoms with E-state index in [9.17, 15) is 9.59 Å². The second-order valence-electron chi connectivity index (χ2n) is 6.17. The van der Waals surface area contributed by atoms with Crippen molar-refractivity contribution in [1.82, 2.24) is 4.90 Å². The minimum absolute atomic E-state index is 0.129. The number of benzene rings is 2. The van der Waals surface area contributed by atoms with E-state index in [0.29, 0.717) is 11.4 Å². The van der Waals surface area contributed by atoms with Gasteiger partial charge < -0.3 is 5.32 Å². The van der Waals surface area contributed by atoms with Crippen LogP contribution in [0.2, 0.25) is 0 Å². The average Bonchev–Trinajstić information content (AvgIpc) is 2.86. The van der Waals surface area contributed by atoms with E-state index >= 15 is 0 Å². The molecule has 9 heteroatoms. The summed E-state index contributed by atoms with van der Waals surface area (Å²) in [6.07, 6.45) is -1.11. The molecule has 0 spiro atoms. The highest BCUT2D eigenvalue weighted by Gasteiger charge is 2.43. The SMILES string of the molecule is Cc1ccccc1NC(N=C1C(=O)N(C)C(=O)N1c1ccccc1)C(Cl)(Cl)Cl. The number of para-hydroxylation sites is 2. The van der Waals surface area contributed by atoms with Gasteiger partial charge in [-0.25, -0.2) is 14.7 Å². The van der Waals surface area contributed by atoms with Gasteiger partial charge >= 0.3 is 6.03 Å². The zero-order valence-corrected chi connectivity index (χ0v) is 17.3.